The van der Waals surface area contributed by atoms with Gasteiger partial charge in [0.2, 0.25) is 0 Å². The van der Waals surface area contributed by atoms with Gasteiger partial charge in [-0.25, -0.2) is 0 Å². The van der Waals surface area contributed by atoms with Crippen molar-refractivity contribution in [1.29, 1.82) is 0 Å². The minimum Gasteiger partial charge on any atom is -0.314 e. The molecule has 0 aromatic carbocycles. The van der Waals surface area contributed by atoms with Crippen LogP contribution in [0.25, 0.3) is 0 Å². The third-order valence-corrected chi connectivity index (χ3v) is 5.53. The van der Waals surface area contributed by atoms with Gasteiger partial charge < -0.3 is 10.2 Å². The lowest BCUT2D eigenvalue weighted by Crippen LogP contribution is -2.51. The normalized spacial score (nSPS) is 41.4. The highest BCUT2D eigenvalue weighted by Crippen LogP contribution is 2.35. The predicted octanol–water partition coefficient (Wildman–Crippen LogP) is 3.52. The molecule has 1 aliphatic carbocycles. The quantitative estimate of drug-likeness (QED) is 0.837. The Labute approximate surface area is 120 Å². The van der Waals surface area contributed by atoms with Crippen molar-refractivity contribution in [2.45, 2.75) is 71.9 Å². The van der Waals surface area contributed by atoms with Gasteiger partial charge in [0.1, 0.15) is 0 Å². The summed E-state index contributed by atoms with van der Waals surface area (Å²) in [6.07, 6.45) is 7.06. The molecule has 1 aliphatic heterocycles. The molecule has 1 heterocycles. The van der Waals surface area contributed by atoms with Crippen LogP contribution in [0.3, 0.4) is 0 Å². The van der Waals surface area contributed by atoms with E-state index in [9.17, 15) is 0 Å². The van der Waals surface area contributed by atoms with E-state index >= 15 is 0 Å². The highest BCUT2D eigenvalue weighted by atomic mass is 15.2. The van der Waals surface area contributed by atoms with Crippen LogP contribution in [-0.4, -0.2) is 36.6 Å². The molecule has 0 spiro atoms. The van der Waals surface area contributed by atoms with E-state index in [0.29, 0.717) is 0 Å². The Balaban J connectivity index is 1.97. The van der Waals surface area contributed by atoms with Gasteiger partial charge in [-0.15, -0.1) is 0 Å². The second kappa shape index (κ2) is 7.08. The summed E-state index contributed by atoms with van der Waals surface area (Å²) in [5.74, 6) is 2.63. The largest absolute Gasteiger partial charge is 0.314 e. The average Bonchev–Trinajstić information content (AvgIpc) is 2.36. The molecular weight excluding hydrogens is 232 g/mol. The molecule has 0 bridgehead atoms. The molecule has 1 saturated heterocycles. The van der Waals surface area contributed by atoms with E-state index in [1.165, 1.54) is 45.2 Å². The molecule has 1 N–H and O–H groups in total. The Morgan fingerprint density at radius 3 is 2.58 bits per heavy atom. The third-order valence-electron chi connectivity index (χ3n) is 5.53. The van der Waals surface area contributed by atoms with Gasteiger partial charge in [0, 0.05) is 18.6 Å². The molecule has 5 unspecified atom stereocenters. The standard InChI is InChI=1S/C17H34N2/c1-5-18-17-11-13(2)10-14(3)16(17)12-19-9-7-6-8-15(19)4/h13-18H,5-12H2,1-4H3. The SMILES string of the molecule is CCNC1CC(C)CC(C)C1CN1CCCCC1C. The Bertz CT molecular complexity index is 266. The average molecular weight is 266 g/mol. The highest BCUT2D eigenvalue weighted by Gasteiger charge is 2.35. The molecule has 2 nitrogen and oxygen atoms in total. The van der Waals surface area contributed by atoms with E-state index in [4.69, 9.17) is 0 Å². The Kier molecular flexibility index (Phi) is 5.70. The number of hydrogen-bond donors (Lipinski definition) is 1. The second-order valence-corrected chi connectivity index (χ2v) is 7.22. The van der Waals surface area contributed by atoms with Crippen molar-refractivity contribution in [3.8, 4) is 0 Å². The summed E-state index contributed by atoms with van der Waals surface area (Å²) in [6.45, 7) is 13.4. The second-order valence-electron chi connectivity index (χ2n) is 7.22. The molecular formula is C17H34N2. The molecule has 5 atom stereocenters. The Hall–Kier alpha value is -0.0800. The van der Waals surface area contributed by atoms with Crippen LogP contribution >= 0.6 is 0 Å². The maximum Gasteiger partial charge on any atom is 0.0112 e. The van der Waals surface area contributed by atoms with Crippen molar-refractivity contribution in [1.82, 2.24) is 10.2 Å². The highest BCUT2D eigenvalue weighted by molar-refractivity contribution is 4.90. The lowest BCUT2D eigenvalue weighted by Gasteiger charge is -2.44. The predicted molar refractivity (Wildman–Crippen MR) is 83.4 cm³/mol. The number of nitrogens with zero attached hydrogens (tertiary/aromatic N) is 1. The van der Waals surface area contributed by atoms with Crippen LogP contribution < -0.4 is 5.32 Å². The van der Waals surface area contributed by atoms with Gasteiger partial charge in [-0.2, -0.15) is 0 Å². The van der Waals surface area contributed by atoms with Gasteiger partial charge in [0.25, 0.3) is 0 Å². The minimum absolute atomic E-state index is 0.748. The zero-order valence-corrected chi connectivity index (χ0v) is 13.5. The van der Waals surface area contributed by atoms with Crippen LogP contribution in [0, 0.1) is 17.8 Å². The fourth-order valence-corrected chi connectivity index (χ4v) is 4.41. The molecule has 2 aliphatic rings. The van der Waals surface area contributed by atoms with Crippen molar-refractivity contribution in [3.63, 3.8) is 0 Å². The lowest BCUT2D eigenvalue weighted by atomic mass is 9.72. The summed E-state index contributed by atoms with van der Waals surface area (Å²) < 4.78 is 0. The van der Waals surface area contributed by atoms with Crippen molar-refractivity contribution in [2.24, 2.45) is 17.8 Å². The maximum absolute atomic E-state index is 3.77. The molecule has 1 saturated carbocycles. The number of hydrogen-bond acceptors (Lipinski definition) is 2. The number of rotatable bonds is 4. The first kappa shape index (κ1) is 15.3. The molecule has 0 aromatic rings. The van der Waals surface area contributed by atoms with Crippen LogP contribution in [0.2, 0.25) is 0 Å². The third kappa shape index (κ3) is 3.95. The van der Waals surface area contributed by atoms with Crippen molar-refractivity contribution >= 4 is 0 Å². The zero-order chi connectivity index (χ0) is 13.8. The first-order chi connectivity index (χ1) is 9.11. The van der Waals surface area contributed by atoms with Crippen molar-refractivity contribution in [2.75, 3.05) is 19.6 Å². The molecule has 0 amide bonds. The van der Waals surface area contributed by atoms with Gasteiger partial charge in [-0.05, 0) is 63.5 Å². The van der Waals surface area contributed by atoms with Crippen LogP contribution in [0.5, 0.6) is 0 Å². The van der Waals surface area contributed by atoms with E-state index in [-0.39, 0.29) is 0 Å². The van der Waals surface area contributed by atoms with E-state index in [0.717, 1.165) is 36.4 Å². The zero-order valence-electron chi connectivity index (χ0n) is 13.5. The molecule has 2 heteroatoms. The summed E-state index contributed by atoms with van der Waals surface area (Å²) in [4.78, 5) is 2.77. The van der Waals surface area contributed by atoms with Crippen molar-refractivity contribution in [3.05, 3.63) is 0 Å². The first-order valence-corrected chi connectivity index (χ1v) is 8.59. The van der Waals surface area contributed by atoms with Gasteiger partial charge >= 0.3 is 0 Å². The molecule has 0 aromatic heterocycles. The van der Waals surface area contributed by atoms with Crippen LogP contribution in [0.4, 0.5) is 0 Å². The number of nitrogens with one attached hydrogen (secondary N) is 1. The molecule has 19 heavy (non-hydrogen) atoms. The smallest absolute Gasteiger partial charge is 0.0112 e. The topological polar surface area (TPSA) is 15.3 Å². The lowest BCUT2D eigenvalue weighted by molar-refractivity contribution is 0.0687. The fourth-order valence-electron chi connectivity index (χ4n) is 4.41. The fraction of sp³-hybridized carbons (Fsp3) is 1.00. The van der Waals surface area contributed by atoms with Gasteiger partial charge in [0.05, 0.1) is 0 Å². The van der Waals surface area contributed by atoms with Gasteiger partial charge in [-0.3, -0.25) is 0 Å². The summed E-state index contributed by atoms with van der Waals surface area (Å²) in [5, 5.41) is 3.77. The van der Waals surface area contributed by atoms with E-state index < -0.39 is 0 Å². The molecule has 2 fully saturated rings. The molecule has 112 valence electrons. The van der Waals surface area contributed by atoms with E-state index in [2.05, 4.69) is 37.9 Å². The Morgan fingerprint density at radius 2 is 1.89 bits per heavy atom. The molecule has 2 rings (SSSR count). The van der Waals surface area contributed by atoms with Crippen LogP contribution in [-0.2, 0) is 0 Å². The monoisotopic (exact) mass is 266 g/mol. The maximum atomic E-state index is 3.77. The summed E-state index contributed by atoms with van der Waals surface area (Å²) in [6, 6.07) is 1.56. The van der Waals surface area contributed by atoms with Crippen LogP contribution in [0.1, 0.15) is 59.8 Å². The Morgan fingerprint density at radius 1 is 1.11 bits per heavy atom. The van der Waals surface area contributed by atoms with Crippen molar-refractivity contribution < 1.29 is 0 Å². The van der Waals surface area contributed by atoms with Gasteiger partial charge in [-0.1, -0.05) is 27.2 Å². The number of likely N-dealkylation sites (tertiary alicyclic amines) is 1. The first-order valence-electron chi connectivity index (χ1n) is 8.59. The summed E-state index contributed by atoms with van der Waals surface area (Å²) in [7, 11) is 0. The summed E-state index contributed by atoms with van der Waals surface area (Å²) in [5.41, 5.74) is 0. The number of piperidine rings is 1. The molecule has 0 radical (unpaired) electrons. The van der Waals surface area contributed by atoms with E-state index in [1.54, 1.807) is 0 Å². The van der Waals surface area contributed by atoms with E-state index in [1.807, 2.05) is 0 Å². The van der Waals surface area contributed by atoms with Gasteiger partial charge in [0.15, 0.2) is 0 Å². The minimum atomic E-state index is 0.748. The van der Waals surface area contributed by atoms with Crippen LogP contribution in [0.15, 0.2) is 0 Å². The summed E-state index contributed by atoms with van der Waals surface area (Å²) >= 11 is 0.